The Kier molecular flexibility index (Phi) is 6.59. The van der Waals surface area contributed by atoms with E-state index in [0.717, 1.165) is 13.2 Å². The fraction of sp³-hybridized carbons (Fsp3) is 0.583. The zero-order valence-corrected chi connectivity index (χ0v) is 15.7. The molecule has 2 rings (SSSR count). The highest BCUT2D eigenvalue weighted by atomic mass is 31.3. The van der Waals surface area contributed by atoms with Gasteiger partial charge in [0, 0.05) is 18.3 Å². The lowest BCUT2D eigenvalue weighted by molar-refractivity contribution is -0.152. The van der Waals surface area contributed by atoms with Gasteiger partial charge in [0.15, 0.2) is 0 Å². The van der Waals surface area contributed by atoms with E-state index < -0.39 is 50.6 Å². The van der Waals surface area contributed by atoms with Crippen LogP contribution < -0.4 is 11.2 Å². The number of nitrogens with one attached hydrogen (secondary N) is 1. The number of hydrogen-bond acceptors (Lipinski definition) is 8. The Morgan fingerprint density at radius 3 is 2.52 bits per heavy atom. The van der Waals surface area contributed by atoms with Crippen LogP contribution in [0.25, 0.3) is 0 Å². The van der Waals surface area contributed by atoms with Crippen molar-refractivity contribution in [2.24, 2.45) is 0 Å². The van der Waals surface area contributed by atoms with E-state index in [9.17, 15) is 28.4 Å². The first-order chi connectivity index (χ1) is 12.4. The van der Waals surface area contributed by atoms with Gasteiger partial charge >= 0.3 is 27.1 Å². The van der Waals surface area contributed by atoms with Gasteiger partial charge in [-0.3, -0.25) is 18.9 Å². The van der Waals surface area contributed by atoms with E-state index in [4.69, 9.17) is 14.5 Å². The van der Waals surface area contributed by atoms with E-state index in [-0.39, 0.29) is 12.8 Å². The number of carbonyl (C=O) groups excluding carboxylic acids is 1. The average Bonchev–Trinajstić information content (AvgIpc) is 2.97. The molecule has 1 aromatic heterocycles. The van der Waals surface area contributed by atoms with E-state index in [1.54, 1.807) is 0 Å². The number of methoxy groups -OCH3 is 1. The van der Waals surface area contributed by atoms with Crippen molar-refractivity contribution in [2.75, 3.05) is 7.11 Å². The highest BCUT2D eigenvalue weighted by Crippen LogP contribution is 2.60. The third-order valence-corrected chi connectivity index (χ3v) is 6.56. The van der Waals surface area contributed by atoms with E-state index in [0.29, 0.717) is 6.42 Å². The largest absolute Gasteiger partial charge is 0.476 e. The summed E-state index contributed by atoms with van der Waals surface area (Å²) in [5.41, 5.74) is -1.21. The average molecular weight is 428 g/mol. The number of H-pyrrole nitrogens is 1. The van der Waals surface area contributed by atoms with Crippen LogP contribution in [0.1, 0.15) is 25.3 Å². The highest BCUT2D eigenvalue weighted by molar-refractivity contribution is 7.64. The van der Waals surface area contributed by atoms with Crippen LogP contribution in [0.2, 0.25) is 0 Å². The summed E-state index contributed by atoms with van der Waals surface area (Å²) < 4.78 is 37.6. The van der Waals surface area contributed by atoms with Gasteiger partial charge in [-0.15, -0.1) is 0 Å². The molecule has 1 saturated carbocycles. The van der Waals surface area contributed by atoms with Gasteiger partial charge < -0.3 is 24.2 Å². The van der Waals surface area contributed by atoms with Gasteiger partial charge in [0.05, 0.1) is 13.2 Å². The Balaban J connectivity index is 2.16. The monoisotopic (exact) mass is 428 g/mol. The molecular formula is C12H18N2O11P2. The molecule has 1 aromatic rings. The molecule has 27 heavy (non-hydrogen) atoms. The number of esters is 1. The van der Waals surface area contributed by atoms with Crippen molar-refractivity contribution in [1.29, 1.82) is 0 Å². The Morgan fingerprint density at radius 1 is 1.30 bits per heavy atom. The predicted molar refractivity (Wildman–Crippen MR) is 87.8 cm³/mol. The van der Waals surface area contributed by atoms with Crippen molar-refractivity contribution >= 4 is 21.4 Å². The summed E-state index contributed by atoms with van der Waals surface area (Å²) >= 11 is 0. The molecule has 152 valence electrons. The molecule has 0 bridgehead atoms. The van der Waals surface area contributed by atoms with Crippen LogP contribution in [0.3, 0.4) is 0 Å². The topological polar surface area (TPSA) is 194 Å². The molecule has 1 aliphatic rings. The molecule has 4 N–H and O–H groups in total. The van der Waals surface area contributed by atoms with Crippen molar-refractivity contribution in [3.8, 4) is 0 Å². The summed E-state index contributed by atoms with van der Waals surface area (Å²) in [6.45, 7) is 0. The lowest BCUT2D eigenvalue weighted by Crippen LogP contribution is -2.32. The zero-order chi connectivity index (χ0) is 20.4. The van der Waals surface area contributed by atoms with Crippen LogP contribution in [0, 0.1) is 0 Å². The molecule has 4 atom stereocenters. The fourth-order valence-corrected chi connectivity index (χ4v) is 5.01. The molecule has 2 unspecified atom stereocenters. The first-order valence-electron chi connectivity index (χ1n) is 7.57. The van der Waals surface area contributed by atoms with Crippen LogP contribution in [0.5, 0.6) is 0 Å². The van der Waals surface area contributed by atoms with Gasteiger partial charge in [-0.25, -0.2) is 18.5 Å². The molecular weight excluding hydrogens is 410 g/mol. The van der Waals surface area contributed by atoms with Crippen molar-refractivity contribution in [3.05, 3.63) is 33.1 Å². The maximum absolute atomic E-state index is 12.1. The number of phosphoric acid groups is 1. The van der Waals surface area contributed by atoms with E-state index in [1.807, 2.05) is 0 Å². The van der Waals surface area contributed by atoms with Gasteiger partial charge in [0.25, 0.3) is 11.4 Å². The molecule has 1 heterocycles. The fourth-order valence-electron chi connectivity index (χ4n) is 2.75. The van der Waals surface area contributed by atoms with Crippen molar-refractivity contribution in [3.63, 3.8) is 0 Å². The SMILES string of the molecule is COC(=O)C(O[C@@H]1CC[C@H](n2ccc(=O)[nH]c2=O)C1)P(=O)(O)OP(=O)(O)O. The standard InChI is InChI=1S/C12H18N2O11P2/c1-23-10(16)11(26(18,19)25-27(20,21)22)24-8-3-2-7(6-8)14-5-4-9(15)13-12(14)17/h4-5,7-8,11H,2-3,6H2,1H3,(H,18,19)(H,13,15,17)(H2,20,21,22)/t7-,8+,11?/m0/s1. The van der Waals surface area contributed by atoms with Gasteiger partial charge in [0.1, 0.15) is 0 Å². The van der Waals surface area contributed by atoms with Gasteiger partial charge in [-0.1, -0.05) is 0 Å². The third-order valence-electron chi connectivity index (χ3n) is 3.85. The number of nitrogens with zero attached hydrogens (tertiary/aromatic N) is 1. The number of aromatic nitrogens is 2. The summed E-state index contributed by atoms with van der Waals surface area (Å²) in [5, 5.41) is 0. The first kappa shape index (κ1) is 21.7. The van der Waals surface area contributed by atoms with Crippen LogP contribution in [-0.4, -0.2) is 49.3 Å². The molecule has 0 spiro atoms. The van der Waals surface area contributed by atoms with Crippen LogP contribution in [0.15, 0.2) is 21.9 Å². The Bertz CT molecular complexity index is 903. The van der Waals surface area contributed by atoms with Crippen LogP contribution >= 0.6 is 15.4 Å². The molecule has 0 aliphatic heterocycles. The minimum Gasteiger partial charge on any atom is -0.467 e. The highest BCUT2D eigenvalue weighted by Gasteiger charge is 2.47. The molecule has 1 fully saturated rings. The molecule has 15 heteroatoms. The Labute approximate surface area is 151 Å². The van der Waals surface area contributed by atoms with E-state index in [1.165, 1.54) is 10.8 Å². The minimum atomic E-state index is -5.39. The molecule has 13 nitrogen and oxygen atoms in total. The van der Waals surface area contributed by atoms with Crippen molar-refractivity contribution in [2.45, 2.75) is 37.3 Å². The van der Waals surface area contributed by atoms with Gasteiger partial charge in [0.2, 0.25) is 0 Å². The smallest absolute Gasteiger partial charge is 0.467 e. The van der Waals surface area contributed by atoms with E-state index in [2.05, 4.69) is 14.0 Å². The number of hydrogen-bond donors (Lipinski definition) is 4. The summed E-state index contributed by atoms with van der Waals surface area (Å²) in [6.07, 6.45) is 1.27. The van der Waals surface area contributed by atoms with Crippen molar-refractivity contribution < 1.29 is 42.4 Å². The summed E-state index contributed by atoms with van der Waals surface area (Å²) in [7, 11) is -9.72. The number of rotatable bonds is 7. The normalized spacial score (nSPS) is 23.6. The van der Waals surface area contributed by atoms with Gasteiger partial charge in [-0.05, 0) is 19.3 Å². The molecule has 0 saturated heterocycles. The molecule has 0 amide bonds. The zero-order valence-electron chi connectivity index (χ0n) is 14.0. The Morgan fingerprint density at radius 2 is 1.96 bits per heavy atom. The second-order valence-electron chi connectivity index (χ2n) is 5.75. The quantitative estimate of drug-likeness (QED) is 0.321. The minimum absolute atomic E-state index is 0.134. The first-order valence-corrected chi connectivity index (χ1v) is 10.7. The molecule has 0 radical (unpaired) electrons. The predicted octanol–water partition coefficient (Wildman–Crippen LogP) is -0.559. The van der Waals surface area contributed by atoms with E-state index >= 15 is 0 Å². The lowest BCUT2D eigenvalue weighted by atomic mass is 10.2. The van der Waals surface area contributed by atoms with Gasteiger partial charge in [-0.2, -0.15) is 0 Å². The van der Waals surface area contributed by atoms with Crippen LogP contribution in [-0.2, 0) is 27.7 Å². The molecule has 1 aliphatic carbocycles. The second-order valence-corrected chi connectivity index (χ2v) is 8.99. The lowest BCUT2D eigenvalue weighted by Gasteiger charge is -2.24. The maximum Gasteiger partial charge on any atom is 0.476 e. The van der Waals surface area contributed by atoms with Crippen LogP contribution in [0.4, 0.5) is 0 Å². The number of ether oxygens (including phenoxy) is 2. The third kappa shape index (κ3) is 5.69. The maximum atomic E-state index is 12.1. The second kappa shape index (κ2) is 8.19. The Hall–Kier alpha value is -1.59. The summed E-state index contributed by atoms with van der Waals surface area (Å²) in [4.78, 5) is 64.0. The summed E-state index contributed by atoms with van der Waals surface area (Å²) in [5.74, 6) is -3.62. The number of carbonyl (C=O) groups is 1. The van der Waals surface area contributed by atoms with Crippen molar-refractivity contribution in [1.82, 2.24) is 9.55 Å². The molecule has 0 aromatic carbocycles. The summed E-state index contributed by atoms with van der Waals surface area (Å²) in [6, 6.07) is 0.737. The number of aromatic amines is 1.